The molecule has 3 unspecified atom stereocenters. The molecule has 2 radical (unpaired) electrons. The number of halogens is 3. The fourth-order valence-corrected chi connectivity index (χ4v) is 15.4. The number of nitrogens with zero attached hydrogens (tertiary/aromatic N) is 5. The largest absolute Gasteiger partial charge is 0.477 e. The summed E-state index contributed by atoms with van der Waals surface area (Å²) in [6.45, 7) is 9.27. The number of likely N-dealkylation sites (tertiary alicyclic amines) is 1. The lowest BCUT2D eigenvalue weighted by Crippen LogP contribution is -2.63. The number of hydrazine groups is 1. The fraction of sp³-hybridized carbons (Fsp3) is 0.620. The van der Waals surface area contributed by atoms with Gasteiger partial charge in [0.05, 0.1) is 46.8 Å². The SMILES string of the molecule is CO[C@@H](C)c1nc2c(cc1-c1c3c4cc(ccc4n1CC(F)(F)F)-c1csc(n1)C[C@]1(C(=O)N4CCC[C@H](N4)C(=O)OCC(C)(C)C3)C3[Si]C3C1C(=O)[C@H]1C[C@@H]1C)C1(CCO2)CCN(C)CC1. The number of carbonyl (C=O) groups is 3. The van der Waals surface area contributed by atoms with Gasteiger partial charge in [-0.05, 0) is 113 Å². The molecule has 2 saturated carbocycles. The van der Waals surface area contributed by atoms with Crippen molar-refractivity contribution in [2.75, 3.05) is 47.0 Å². The molecule has 8 atom stereocenters. The Morgan fingerprint density at radius 2 is 1.87 bits per heavy atom. The second kappa shape index (κ2) is 16.2. The summed E-state index contributed by atoms with van der Waals surface area (Å²) in [6, 6.07) is 6.80. The maximum Gasteiger partial charge on any atom is 0.406 e. The second-order valence-electron chi connectivity index (χ2n) is 21.5. The van der Waals surface area contributed by atoms with Gasteiger partial charge in [0, 0.05) is 85.2 Å². The molecule has 3 aromatic heterocycles. The number of aromatic nitrogens is 3. The molecule has 11 rings (SSSR count). The van der Waals surface area contributed by atoms with Crippen LogP contribution in [0.15, 0.2) is 29.6 Å². The Balaban J connectivity index is 1.10. The van der Waals surface area contributed by atoms with E-state index in [-0.39, 0.29) is 47.1 Å². The van der Waals surface area contributed by atoms with Gasteiger partial charge in [0.15, 0.2) is 0 Å². The third-order valence-corrected chi connectivity index (χ3v) is 19.1. The minimum atomic E-state index is -4.58. The molecule has 7 aliphatic rings. The molecule has 2 spiro atoms. The molecule has 12 nitrogen and oxygen atoms in total. The minimum Gasteiger partial charge on any atom is -0.477 e. The molecule has 4 aromatic rings. The van der Waals surface area contributed by atoms with E-state index in [1.165, 1.54) is 15.9 Å². The first-order valence-corrected chi connectivity index (χ1v) is 26.0. The average Bonchev–Trinajstić information content (AvgIpc) is 4.14. The molecule has 1 aromatic carbocycles. The smallest absolute Gasteiger partial charge is 0.406 e. The third-order valence-electron chi connectivity index (χ3n) is 16.4. The van der Waals surface area contributed by atoms with Crippen LogP contribution in [0.2, 0.25) is 11.1 Å². The van der Waals surface area contributed by atoms with E-state index in [4.69, 9.17) is 24.2 Å². The van der Waals surface area contributed by atoms with Crippen LogP contribution >= 0.6 is 11.3 Å². The lowest BCUT2D eigenvalue weighted by Gasteiger charge is -2.50. The van der Waals surface area contributed by atoms with Crippen molar-refractivity contribution in [2.24, 2.45) is 28.6 Å². The number of methoxy groups -OCH3 is 1. The Hall–Kier alpha value is -4.16. The molecule has 8 heterocycles. The minimum absolute atomic E-state index is 0.0301. The van der Waals surface area contributed by atoms with Gasteiger partial charge in [0.2, 0.25) is 11.8 Å². The molecular weight excluding hydrogens is 898 g/mol. The molecule has 67 heavy (non-hydrogen) atoms. The first-order chi connectivity index (χ1) is 31.9. The maximum atomic E-state index is 15.1. The normalized spacial score (nSPS) is 30.5. The van der Waals surface area contributed by atoms with Gasteiger partial charge >= 0.3 is 12.1 Å². The zero-order valence-corrected chi connectivity index (χ0v) is 40.9. The van der Waals surface area contributed by atoms with Crippen LogP contribution in [0.4, 0.5) is 13.2 Å². The van der Waals surface area contributed by atoms with Gasteiger partial charge in [-0.25, -0.2) is 15.4 Å². The van der Waals surface area contributed by atoms with Crippen LogP contribution in [-0.2, 0) is 48.7 Å². The molecule has 3 saturated heterocycles. The quantitative estimate of drug-likeness (QED) is 0.150. The van der Waals surface area contributed by atoms with E-state index in [0.717, 1.165) is 54.9 Å². The van der Waals surface area contributed by atoms with E-state index in [1.807, 2.05) is 44.4 Å². The number of Topliss-reactive ketones (excluding diaryl/α,β-unsaturated/α-hetero) is 1. The van der Waals surface area contributed by atoms with Crippen LogP contribution in [0.1, 0.15) is 94.2 Å². The number of thiazole rings is 1. The van der Waals surface area contributed by atoms with Crippen molar-refractivity contribution < 1.29 is 41.8 Å². The van der Waals surface area contributed by atoms with E-state index in [9.17, 15) is 9.59 Å². The van der Waals surface area contributed by atoms with E-state index >= 15 is 18.0 Å². The van der Waals surface area contributed by atoms with Crippen molar-refractivity contribution in [3.8, 4) is 28.4 Å². The second-order valence-corrected chi connectivity index (χ2v) is 24.1. The average molecular weight is 957 g/mol. The van der Waals surface area contributed by atoms with Crippen molar-refractivity contribution >= 4 is 49.4 Å². The van der Waals surface area contributed by atoms with E-state index in [2.05, 4.69) is 24.3 Å². The third kappa shape index (κ3) is 7.68. The number of fused-ring (bicyclic) bond motifs is 10. The number of benzene rings is 1. The van der Waals surface area contributed by atoms with Crippen LogP contribution < -0.4 is 10.2 Å². The topological polar surface area (TPSA) is 128 Å². The van der Waals surface area contributed by atoms with Gasteiger partial charge in [-0.15, -0.1) is 11.3 Å². The number of hydrogen-bond donors (Lipinski definition) is 1. The molecule has 1 amide bonds. The van der Waals surface area contributed by atoms with Crippen molar-refractivity contribution in [2.45, 2.75) is 120 Å². The Labute approximate surface area is 395 Å². The maximum absolute atomic E-state index is 15.1. The number of rotatable bonds is 6. The molecular formula is C50H59F3N6O6SSi. The summed E-state index contributed by atoms with van der Waals surface area (Å²) in [5.41, 5.74) is 6.36. The number of carbonyl (C=O) groups excluding carboxylic acids is 3. The van der Waals surface area contributed by atoms with Crippen LogP contribution in [-0.4, -0.2) is 111 Å². The number of ether oxygens (including phenoxy) is 3. The summed E-state index contributed by atoms with van der Waals surface area (Å²) in [6.07, 6.45) is -0.217. The number of alkyl halides is 3. The van der Waals surface area contributed by atoms with Gasteiger partial charge in [-0.1, -0.05) is 26.8 Å². The number of piperidine rings is 1. The predicted molar refractivity (Wildman–Crippen MR) is 248 cm³/mol. The van der Waals surface area contributed by atoms with Crippen LogP contribution in [0.5, 0.6) is 5.88 Å². The summed E-state index contributed by atoms with van der Waals surface area (Å²) in [5, 5.41) is 4.91. The van der Waals surface area contributed by atoms with Crippen molar-refractivity contribution in [3.05, 3.63) is 51.5 Å². The first-order valence-electron chi connectivity index (χ1n) is 24.0. The predicted octanol–water partition coefficient (Wildman–Crippen LogP) is 8.14. The number of pyridine rings is 1. The van der Waals surface area contributed by atoms with Crippen molar-refractivity contribution in [3.63, 3.8) is 0 Å². The Bertz CT molecular complexity index is 2680. The Morgan fingerprint density at radius 1 is 1.09 bits per heavy atom. The summed E-state index contributed by atoms with van der Waals surface area (Å²) in [5.74, 6) is -0.0747. The highest BCUT2D eigenvalue weighted by Gasteiger charge is 2.78. The molecule has 5 aliphatic heterocycles. The first kappa shape index (κ1) is 45.3. The molecule has 17 heteroatoms. The van der Waals surface area contributed by atoms with E-state index < -0.39 is 47.6 Å². The van der Waals surface area contributed by atoms with Crippen LogP contribution in [0.3, 0.4) is 0 Å². The standard InChI is InChI=1S/C50H59F3N6O6SSi/c1-26-18-29(26)41(60)38-42-43(67-42)49(38)22-37-54-35(23-66-37)28-9-10-36-30(19-28)32(21-47(3,4)25-65-45(61)34-8-7-14-59(56-34)46(49)62)40(58(36)24-50(51,52)53)31-20-33-44(55-39(31)27(2)63-6)64-17-13-48(33)11-15-57(5)16-12-48/h9-10,19-20,23,26-27,29,34,38,42-43,56H,7-8,11-18,21-22,24-25H2,1-6H3/t26-,27-,29-,34-,38?,42?,43?,49+/m0/s1. The molecule has 6 bridgehead atoms. The molecule has 1 N–H and O–H groups in total. The fourth-order valence-electron chi connectivity index (χ4n) is 12.3. The summed E-state index contributed by atoms with van der Waals surface area (Å²) in [4.78, 5) is 56.0. The Morgan fingerprint density at radius 3 is 2.60 bits per heavy atom. The molecule has 2 aliphatic carbocycles. The van der Waals surface area contributed by atoms with Gasteiger partial charge < -0.3 is 23.7 Å². The van der Waals surface area contributed by atoms with Gasteiger partial charge in [-0.2, -0.15) is 13.2 Å². The molecule has 5 fully saturated rings. The van der Waals surface area contributed by atoms with Crippen LogP contribution in [0, 0.1) is 28.6 Å². The van der Waals surface area contributed by atoms with E-state index in [1.54, 1.807) is 18.2 Å². The monoisotopic (exact) mass is 956 g/mol. The number of esters is 1. The zero-order valence-electron chi connectivity index (χ0n) is 39.1. The highest BCUT2D eigenvalue weighted by molar-refractivity contribution is 7.10. The zero-order chi connectivity index (χ0) is 46.9. The number of hydrogen-bond acceptors (Lipinski definition) is 11. The Kier molecular flexibility index (Phi) is 11.0. The van der Waals surface area contributed by atoms with Gasteiger partial charge in [0.25, 0.3) is 0 Å². The summed E-state index contributed by atoms with van der Waals surface area (Å²) in [7, 11) is 4.20. The number of ketones is 1. The highest BCUT2D eigenvalue weighted by Crippen LogP contribution is 2.77. The summed E-state index contributed by atoms with van der Waals surface area (Å²) >= 11 is 1.45. The summed E-state index contributed by atoms with van der Waals surface area (Å²) < 4.78 is 65.2. The number of cyclic esters (lactones) is 1. The highest BCUT2D eigenvalue weighted by atomic mass is 32.1. The number of amides is 1. The van der Waals surface area contributed by atoms with Crippen molar-refractivity contribution in [1.82, 2.24) is 29.9 Å². The lowest BCUT2D eigenvalue weighted by atomic mass is 9.55. The lowest BCUT2D eigenvalue weighted by molar-refractivity contribution is -0.165. The van der Waals surface area contributed by atoms with Gasteiger partial charge in [0.1, 0.15) is 18.4 Å². The van der Waals surface area contributed by atoms with Crippen molar-refractivity contribution in [1.29, 1.82) is 0 Å². The molecule has 356 valence electrons. The number of nitrogens with one attached hydrogen (secondary N) is 1. The van der Waals surface area contributed by atoms with Gasteiger partial charge in [-0.3, -0.25) is 19.4 Å². The van der Waals surface area contributed by atoms with Crippen LogP contribution in [0.25, 0.3) is 33.4 Å². The van der Waals surface area contributed by atoms with E-state index in [0.29, 0.717) is 92.8 Å².